The topological polar surface area (TPSA) is 74.6 Å². The van der Waals surface area contributed by atoms with Gasteiger partial charge in [0.15, 0.2) is 11.5 Å². The zero-order chi connectivity index (χ0) is 20.2. The van der Waals surface area contributed by atoms with Crippen LogP contribution in [-0.4, -0.2) is 35.5 Å². The molecule has 0 atom stereocenters. The van der Waals surface area contributed by atoms with E-state index in [4.69, 9.17) is 14.2 Å². The van der Waals surface area contributed by atoms with Crippen molar-refractivity contribution >= 4 is 11.6 Å². The average molecular weight is 393 g/mol. The van der Waals surface area contributed by atoms with E-state index in [0.29, 0.717) is 48.3 Å². The second-order valence-corrected chi connectivity index (χ2v) is 6.69. The molecule has 2 heterocycles. The molecule has 29 heavy (non-hydrogen) atoms. The predicted octanol–water partition coefficient (Wildman–Crippen LogP) is 3.90. The van der Waals surface area contributed by atoms with Crippen LogP contribution in [0, 0.1) is 0 Å². The van der Waals surface area contributed by atoms with Crippen LogP contribution in [0.5, 0.6) is 17.2 Å². The van der Waals surface area contributed by atoms with Crippen molar-refractivity contribution in [2.45, 2.75) is 13.3 Å². The number of benzene rings is 2. The monoisotopic (exact) mass is 393 g/mol. The van der Waals surface area contributed by atoms with Gasteiger partial charge in [-0.3, -0.25) is 9.48 Å². The summed E-state index contributed by atoms with van der Waals surface area (Å²) in [5.41, 5.74) is 2.56. The molecule has 4 rings (SSSR count). The Hall–Kier alpha value is -3.48. The van der Waals surface area contributed by atoms with E-state index < -0.39 is 0 Å². The Balaban J connectivity index is 1.59. The lowest BCUT2D eigenvalue weighted by molar-refractivity contribution is 0.102. The van der Waals surface area contributed by atoms with Crippen LogP contribution < -0.4 is 19.5 Å². The Morgan fingerprint density at radius 2 is 1.90 bits per heavy atom. The summed E-state index contributed by atoms with van der Waals surface area (Å²) in [6.45, 7) is 3.76. The summed E-state index contributed by atoms with van der Waals surface area (Å²) in [5.74, 6) is 1.91. The van der Waals surface area contributed by atoms with Crippen LogP contribution in [0.15, 0.2) is 48.7 Å². The SMILES string of the molecule is CCOc1ccc(NC(=O)c2cn(C)nc2-c2ccc3c(c2)OCCCO3)cc1. The van der Waals surface area contributed by atoms with E-state index in [1.54, 1.807) is 17.9 Å². The highest BCUT2D eigenvalue weighted by Gasteiger charge is 2.20. The molecule has 0 fully saturated rings. The third-order valence-corrected chi connectivity index (χ3v) is 4.52. The van der Waals surface area contributed by atoms with Gasteiger partial charge in [-0.1, -0.05) is 0 Å². The number of aromatic nitrogens is 2. The molecule has 1 aliphatic heterocycles. The molecular formula is C22H23N3O4. The lowest BCUT2D eigenvalue weighted by atomic mass is 10.1. The van der Waals surface area contributed by atoms with Gasteiger partial charge in [0.05, 0.1) is 25.4 Å². The van der Waals surface area contributed by atoms with Gasteiger partial charge in [-0.15, -0.1) is 0 Å². The molecule has 0 bridgehead atoms. The molecule has 0 aliphatic carbocycles. The number of aryl methyl sites for hydroxylation is 1. The largest absolute Gasteiger partial charge is 0.494 e. The Labute approximate surface area is 169 Å². The minimum absolute atomic E-state index is 0.232. The van der Waals surface area contributed by atoms with Crippen LogP contribution in [-0.2, 0) is 7.05 Å². The molecule has 150 valence electrons. The number of hydrogen-bond acceptors (Lipinski definition) is 5. The molecule has 7 heteroatoms. The van der Waals surface area contributed by atoms with Crippen molar-refractivity contribution in [3.8, 4) is 28.5 Å². The number of carbonyl (C=O) groups excluding carboxylic acids is 1. The normalized spacial score (nSPS) is 12.9. The summed E-state index contributed by atoms with van der Waals surface area (Å²) < 4.78 is 18.5. The molecule has 0 saturated carbocycles. The minimum Gasteiger partial charge on any atom is -0.494 e. The number of fused-ring (bicyclic) bond motifs is 1. The number of carbonyl (C=O) groups is 1. The van der Waals surface area contributed by atoms with Crippen molar-refractivity contribution in [3.05, 3.63) is 54.2 Å². The number of nitrogens with one attached hydrogen (secondary N) is 1. The van der Waals surface area contributed by atoms with Crippen molar-refractivity contribution in [2.75, 3.05) is 25.1 Å². The Morgan fingerprint density at radius 1 is 1.14 bits per heavy atom. The van der Waals surface area contributed by atoms with Crippen molar-refractivity contribution < 1.29 is 19.0 Å². The van der Waals surface area contributed by atoms with Gasteiger partial charge < -0.3 is 19.5 Å². The van der Waals surface area contributed by atoms with E-state index in [1.165, 1.54) is 0 Å². The smallest absolute Gasteiger partial charge is 0.259 e. The van der Waals surface area contributed by atoms with E-state index >= 15 is 0 Å². The van der Waals surface area contributed by atoms with Gasteiger partial charge in [-0.05, 0) is 49.4 Å². The maximum Gasteiger partial charge on any atom is 0.259 e. The number of amides is 1. The van der Waals surface area contributed by atoms with E-state index in [9.17, 15) is 4.79 Å². The first-order valence-corrected chi connectivity index (χ1v) is 9.62. The molecule has 7 nitrogen and oxygen atoms in total. The molecule has 3 aromatic rings. The number of anilines is 1. The molecule has 1 aromatic heterocycles. The fourth-order valence-electron chi connectivity index (χ4n) is 3.18. The highest BCUT2D eigenvalue weighted by atomic mass is 16.5. The molecule has 1 N–H and O–H groups in total. The molecule has 0 radical (unpaired) electrons. The van der Waals surface area contributed by atoms with Crippen molar-refractivity contribution in [1.82, 2.24) is 9.78 Å². The van der Waals surface area contributed by atoms with Gasteiger partial charge in [0.1, 0.15) is 11.4 Å². The molecule has 1 aliphatic rings. The fourth-order valence-corrected chi connectivity index (χ4v) is 3.18. The standard InChI is InChI=1S/C22H23N3O4/c1-3-27-17-8-6-16(7-9-17)23-22(26)18-14-25(2)24-21(18)15-5-10-19-20(13-15)29-12-4-11-28-19/h5-10,13-14H,3-4,11-12H2,1-2H3,(H,23,26). The molecule has 1 amide bonds. The predicted molar refractivity (Wildman–Crippen MR) is 110 cm³/mol. The highest BCUT2D eigenvalue weighted by Crippen LogP contribution is 2.35. The second-order valence-electron chi connectivity index (χ2n) is 6.69. The van der Waals surface area contributed by atoms with E-state index in [-0.39, 0.29) is 5.91 Å². The zero-order valence-corrected chi connectivity index (χ0v) is 16.5. The van der Waals surface area contributed by atoms with Crippen LogP contribution in [0.1, 0.15) is 23.7 Å². The van der Waals surface area contributed by atoms with Crippen molar-refractivity contribution in [2.24, 2.45) is 7.05 Å². The average Bonchev–Trinajstić information content (AvgIpc) is 2.96. The maximum absolute atomic E-state index is 12.9. The van der Waals surface area contributed by atoms with Gasteiger partial charge >= 0.3 is 0 Å². The van der Waals surface area contributed by atoms with Gasteiger partial charge in [0.25, 0.3) is 5.91 Å². The van der Waals surface area contributed by atoms with E-state index in [1.807, 2.05) is 49.4 Å². The van der Waals surface area contributed by atoms with Gasteiger partial charge in [-0.2, -0.15) is 5.10 Å². The van der Waals surface area contributed by atoms with E-state index in [0.717, 1.165) is 17.7 Å². The van der Waals surface area contributed by atoms with Gasteiger partial charge in [-0.25, -0.2) is 0 Å². The van der Waals surface area contributed by atoms with Crippen LogP contribution in [0.25, 0.3) is 11.3 Å². The van der Waals surface area contributed by atoms with E-state index in [2.05, 4.69) is 10.4 Å². The number of nitrogens with zero attached hydrogens (tertiary/aromatic N) is 2. The Bertz CT molecular complexity index is 1010. The summed E-state index contributed by atoms with van der Waals surface area (Å²) in [5, 5.41) is 7.41. The van der Waals surface area contributed by atoms with Crippen LogP contribution in [0.3, 0.4) is 0 Å². The second kappa shape index (κ2) is 8.26. The summed E-state index contributed by atoms with van der Waals surface area (Å²) in [6.07, 6.45) is 2.55. The summed E-state index contributed by atoms with van der Waals surface area (Å²) in [6, 6.07) is 12.9. The first-order valence-electron chi connectivity index (χ1n) is 9.62. The number of hydrogen-bond donors (Lipinski definition) is 1. The van der Waals surface area contributed by atoms with Crippen molar-refractivity contribution in [3.63, 3.8) is 0 Å². The van der Waals surface area contributed by atoms with Crippen molar-refractivity contribution in [1.29, 1.82) is 0 Å². The first kappa shape index (κ1) is 18.9. The van der Waals surface area contributed by atoms with Crippen LogP contribution in [0.4, 0.5) is 5.69 Å². The van der Waals surface area contributed by atoms with Crippen LogP contribution in [0.2, 0.25) is 0 Å². The van der Waals surface area contributed by atoms with Gasteiger partial charge in [0.2, 0.25) is 0 Å². The van der Waals surface area contributed by atoms with Gasteiger partial charge in [0, 0.05) is 30.9 Å². The summed E-state index contributed by atoms with van der Waals surface area (Å²) in [4.78, 5) is 12.9. The molecule has 2 aromatic carbocycles. The molecule has 0 unspecified atom stereocenters. The first-order chi connectivity index (χ1) is 14.1. The van der Waals surface area contributed by atoms with Crippen LogP contribution >= 0.6 is 0 Å². The number of ether oxygens (including phenoxy) is 3. The molecule has 0 saturated heterocycles. The maximum atomic E-state index is 12.9. The zero-order valence-electron chi connectivity index (χ0n) is 16.5. The fraction of sp³-hybridized carbons (Fsp3) is 0.273. The summed E-state index contributed by atoms with van der Waals surface area (Å²) >= 11 is 0. The third-order valence-electron chi connectivity index (χ3n) is 4.52. The summed E-state index contributed by atoms with van der Waals surface area (Å²) in [7, 11) is 1.79. The molecule has 0 spiro atoms. The lowest BCUT2D eigenvalue weighted by Gasteiger charge is -2.10. The Morgan fingerprint density at radius 3 is 2.66 bits per heavy atom. The number of rotatable bonds is 5. The molecular weight excluding hydrogens is 370 g/mol. The Kier molecular flexibility index (Phi) is 5.37. The minimum atomic E-state index is -0.232. The lowest BCUT2D eigenvalue weighted by Crippen LogP contribution is -2.12. The third kappa shape index (κ3) is 4.18. The highest BCUT2D eigenvalue weighted by molar-refractivity contribution is 6.08. The quantitative estimate of drug-likeness (QED) is 0.712.